The molecule has 24 heavy (non-hydrogen) atoms. The molecule has 1 unspecified atom stereocenters. The second-order valence-corrected chi connectivity index (χ2v) is 6.15. The molecule has 1 fully saturated rings. The number of carbonyl (C=O) groups is 2. The highest BCUT2D eigenvalue weighted by Crippen LogP contribution is 2.10. The number of nitrogens with one attached hydrogen (secondary N) is 1. The summed E-state index contributed by atoms with van der Waals surface area (Å²) in [5.41, 5.74) is 0. The highest BCUT2D eigenvalue weighted by molar-refractivity contribution is 5.80. The van der Waals surface area contributed by atoms with E-state index in [1.807, 2.05) is 11.8 Å². The minimum atomic E-state index is 0.0134. The van der Waals surface area contributed by atoms with Crippen LogP contribution in [-0.2, 0) is 9.59 Å². The lowest BCUT2D eigenvalue weighted by molar-refractivity contribution is -0.131. The Morgan fingerprint density at radius 1 is 1.21 bits per heavy atom. The molecule has 0 spiro atoms. The predicted molar refractivity (Wildman–Crippen MR) is 92.5 cm³/mol. The lowest BCUT2D eigenvalue weighted by Crippen LogP contribution is -2.49. The summed E-state index contributed by atoms with van der Waals surface area (Å²) in [5, 5.41) is 2.86. The second kappa shape index (κ2) is 9.20. The fraction of sp³-hybridized carbons (Fsp3) is 0.647. The van der Waals surface area contributed by atoms with Crippen molar-refractivity contribution < 1.29 is 9.59 Å². The maximum Gasteiger partial charge on any atom is 0.225 e. The van der Waals surface area contributed by atoms with Gasteiger partial charge in [-0.15, -0.1) is 0 Å². The normalized spacial score (nSPS) is 15.9. The van der Waals surface area contributed by atoms with Crippen LogP contribution in [0.25, 0.3) is 0 Å². The molecular weight excluding hydrogens is 306 g/mol. The van der Waals surface area contributed by atoms with Crippen molar-refractivity contribution in [1.29, 1.82) is 0 Å². The van der Waals surface area contributed by atoms with Gasteiger partial charge in [0, 0.05) is 57.5 Å². The summed E-state index contributed by atoms with van der Waals surface area (Å²) in [6.45, 7) is 7.19. The Hall–Kier alpha value is -2.18. The minimum absolute atomic E-state index is 0.0134. The molecule has 1 aromatic rings. The number of piperazine rings is 1. The van der Waals surface area contributed by atoms with Crippen LogP contribution in [0.4, 0.5) is 5.95 Å². The smallest absolute Gasteiger partial charge is 0.225 e. The molecule has 1 aliphatic heterocycles. The van der Waals surface area contributed by atoms with Gasteiger partial charge in [-0.3, -0.25) is 9.59 Å². The van der Waals surface area contributed by atoms with Gasteiger partial charge in [-0.05, 0) is 12.5 Å². The average molecular weight is 333 g/mol. The topological polar surface area (TPSA) is 78.4 Å². The molecular formula is C17H27N5O2. The lowest BCUT2D eigenvalue weighted by atomic mass is 10.1. The van der Waals surface area contributed by atoms with Gasteiger partial charge in [0.1, 0.15) is 0 Å². The van der Waals surface area contributed by atoms with E-state index in [9.17, 15) is 9.59 Å². The predicted octanol–water partition coefficient (Wildman–Crippen LogP) is 1.07. The van der Waals surface area contributed by atoms with Crippen LogP contribution in [0.1, 0.15) is 33.1 Å². The Balaban J connectivity index is 1.68. The van der Waals surface area contributed by atoms with E-state index in [1.165, 1.54) is 0 Å². The van der Waals surface area contributed by atoms with Crippen LogP contribution in [-0.4, -0.2) is 59.4 Å². The van der Waals surface area contributed by atoms with Crippen LogP contribution in [0.2, 0.25) is 0 Å². The van der Waals surface area contributed by atoms with E-state index < -0.39 is 0 Å². The zero-order chi connectivity index (χ0) is 17.4. The molecule has 132 valence electrons. The third-order valence-corrected chi connectivity index (χ3v) is 4.27. The van der Waals surface area contributed by atoms with Crippen molar-refractivity contribution in [3.63, 3.8) is 0 Å². The number of hydrogen-bond acceptors (Lipinski definition) is 5. The van der Waals surface area contributed by atoms with Gasteiger partial charge in [-0.25, -0.2) is 9.97 Å². The summed E-state index contributed by atoms with van der Waals surface area (Å²) in [6.07, 6.45) is 5.67. The van der Waals surface area contributed by atoms with Crippen molar-refractivity contribution in [3.8, 4) is 0 Å². The van der Waals surface area contributed by atoms with Crippen LogP contribution >= 0.6 is 0 Å². The Morgan fingerprint density at radius 3 is 2.50 bits per heavy atom. The molecule has 7 heteroatoms. The van der Waals surface area contributed by atoms with Gasteiger partial charge in [0.15, 0.2) is 0 Å². The summed E-state index contributed by atoms with van der Waals surface area (Å²) in [7, 11) is 0. The van der Waals surface area contributed by atoms with Gasteiger partial charge in [0.25, 0.3) is 0 Å². The molecule has 0 aromatic carbocycles. The molecule has 1 aliphatic rings. The van der Waals surface area contributed by atoms with Crippen LogP contribution in [0, 0.1) is 5.92 Å². The molecule has 2 rings (SSSR count). The zero-order valence-electron chi connectivity index (χ0n) is 14.6. The van der Waals surface area contributed by atoms with Crippen molar-refractivity contribution in [2.45, 2.75) is 33.1 Å². The minimum Gasteiger partial charge on any atom is -0.355 e. The number of aromatic nitrogens is 2. The SMILES string of the molecule is CCCC(C)C(=O)NCCC(=O)N1CCN(c2ncccn2)CC1. The van der Waals surface area contributed by atoms with E-state index >= 15 is 0 Å². The number of carbonyl (C=O) groups excluding carboxylic acids is 2. The van der Waals surface area contributed by atoms with Crippen molar-refractivity contribution in [2.24, 2.45) is 5.92 Å². The van der Waals surface area contributed by atoms with Crippen molar-refractivity contribution in [1.82, 2.24) is 20.2 Å². The van der Waals surface area contributed by atoms with E-state index in [0.29, 0.717) is 32.0 Å². The van der Waals surface area contributed by atoms with Crippen molar-refractivity contribution >= 4 is 17.8 Å². The Bertz CT molecular complexity index is 529. The maximum absolute atomic E-state index is 12.2. The number of hydrogen-bond donors (Lipinski definition) is 1. The molecule has 1 aromatic heterocycles. The van der Waals surface area contributed by atoms with E-state index in [-0.39, 0.29) is 17.7 Å². The van der Waals surface area contributed by atoms with E-state index in [0.717, 1.165) is 25.9 Å². The van der Waals surface area contributed by atoms with Gasteiger partial charge < -0.3 is 15.1 Å². The van der Waals surface area contributed by atoms with Gasteiger partial charge in [-0.2, -0.15) is 0 Å². The fourth-order valence-corrected chi connectivity index (χ4v) is 2.80. The summed E-state index contributed by atoms with van der Waals surface area (Å²) in [4.78, 5) is 36.5. The molecule has 1 atom stereocenters. The highest BCUT2D eigenvalue weighted by Gasteiger charge is 2.22. The quantitative estimate of drug-likeness (QED) is 0.807. The maximum atomic E-state index is 12.2. The van der Waals surface area contributed by atoms with Crippen LogP contribution in [0.3, 0.4) is 0 Å². The molecule has 2 heterocycles. The van der Waals surface area contributed by atoms with E-state index in [4.69, 9.17) is 0 Å². The standard InChI is InChI=1S/C17H27N5O2/c1-3-5-14(2)16(24)18-9-6-15(23)21-10-12-22(13-11-21)17-19-7-4-8-20-17/h4,7-8,14H,3,5-6,9-13H2,1-2H3,(H,18,24). The lowest BCUT2D eigenvalue weighted by Gasteiger charge is -2.34. The molecule has 7 nitrogen and oxygen atoms in total. The second-order valence-electron chi connectivity index (χ2n) is 6.15. The number of rotatable bonds is 7. The summed E-state index contributed by atoms with van der Waals surface area (Å²) < 4.78 is 0. The van der Waals surface area contributed by atoms with Crippen molar-refractivity contribution in [3.05, 3.63) is 18.5 Å². The molecule has 0 aliphatic carbocycles. The Morgan fingerprint density at radius 2 is 1.88 bits per heavy atom. The average Bonchev–Trinajstić information content (AvgIpc) is 2.62. The number of anilines is 1. The molecule has 1 N–H and O–H groups in total. The van der Waals surface area contributed by atoms with Gasteiger partial charge in [0.2, 0.25) is 17.8 Å². The number of nitrogens with zero attached hydrogens (tertiary/aromatic N) is 4. The Labute approximate surface area is 143 Å². The summed E-state index contributed by atoms with van der Waals surface area (Å²) >= 11 is 0. The van der Waals surface area contributed by atoms with Crippen LogP contribution in [0.15, 0.2) is 18.5 Å². The van der Waals surface area contributed by atoms with E-state index in [1.54, 1.807) is 18.5 Å². The van der Waals surface area contributed by atoms with Crippen LogP contribution < -0.4 is 10.2 Å². The highest BCUT2D eigenvalue weighted by atomic mass is 16.2. The van der Waals surface area contributed by atoms with Gasteiger partial charge in [0.05, 0.1) is 0 Å². The summed E-state index contributed by atoms with van der Waals surface area (Å²) in [6, 6.07) is 1.79. The van der Waals surface area contributed by atoms with Crippen LogP contribution in [0.5, 0.6) is 0 Å². The molecule has 0 bridgehead atoms. The fourth-order valence-electron chi connectivity index (χ4n) is 2.80. The first-order valence-electron chi connectivity index (χ1n) is 8.69. The summed E-state index contributed by atoms with van der Waals surface area (Å²) in [5.74, 6) is 0.851. The first kappa shape index (κ1) is 18.2. The number of amides is 2. The molecule has 2 amide bonds. The Kier molecular flexibility index (Phi) is 6.96. The molecule has 1 saturated heterocycles. The first-order valence-corrected chi connectivity index (χ1v) is 8.69. The molecule has 0 radical (unpaired) electrons. The first-order chi connectivity index (χ1) is 11.6. The third-order valence-electron chi connectivity index (χ3n) is 4.27. The largest absolute Gasteiger partial charge is 0.355 e. The van der Waals surface area contributed by atoms with E-state index in [2.05, 4.69) is 27.1 Å². The molecule has 0 saturated carbocycles. The third kappa shape index (κ3) is 5.18. The monoisotopic (exact) mass is 333 g/mol. The van der Waals surface area contributed by atoms with Crippen molar-refractivity contribution in [2.75, 3.05) is 37.6 Å². The zero-order valence-corrected chi connectivity index (χ0v) is 14.6. The van der Waals surface area contributed by atoms with Gasteiger partial charge >= 0.3 is 0 Å². The van der Waals surface area contributed by atoms with Gasteiger partial charge in [-0.1, -0.05) is 20.3 Å².